The van der Waals surface area contributed by atoms with Gasteiger partial charge in [0.25, 0.3) is 0 Å². The number of aromatic nitrogens is 2. The summed E-state index contributed by atoms with van der Waals surface area (Å²) >= 11 is 6.19. The van der Waals surface area contributed by atoms with Gasteiger partial charge in [-0.2, -0.15) is 4.98 Å². The number of nitrogens with one attached hydrogen (secondary N) is 2. The molecule has 0 spiro atoms. The molecule has 1 heterocycles. The first-order valence-corrected chi connectivity index (χ1v) is 7.73. The number of anilines is 2. The highest BCUT2D eigenvalue weighted by Gasteiger charge is 2.06. The molecule has 0 fully saturated rings. The van der Waals surface area contributed by atoms with Crippen LogP contribution >= 0.6 is 11.6 Å². The van der Waals surface area contributed by atoms with Crippen LogP contribution in [0.5, 0.6) is 0 Å². The predicted octanol–water partition coefficient (Wildman–Crippen LogP) is 4.45. The van der Waals surface area contributed by atoms with Crippen molar-refractivity contribution in [3.8, 4) is 11.3 Å². The maximum atomic E-state index is 6.19. The van der Waals surface area contributed by atoms with Crippen molar-refractivity contribution in [3.63, 3.8) is 0 Å². The summed E-state index contributed by atoms with van der Waals surface area (Å²) in [4.78, 5) is 8.95. The van der Waals surface area contributed by atoms with Gasteiger partial charge in [-0.1, -0.05) is 60.1 Å². The largest absolute Gasteiger partial charge is 0.366 e. The van der Waals surface area contributed by atoms with Gasteiger partial charge in [-0.25, -0.2) is 4.98 Å². The first kappa shape index (κ1) is 15.3. The Labute approximate surface area is 140 Å². The summed E-state index contributed by atoms with van der Waals surface area (Å²) in [7, 11) is 1.81. The molecule has 5 heteroatoms. The summed E-state index contributed by atoms with van der Waals surface area (Å²) in [6, 6.07) is 19.7. The molecule has 0 aliphatic rings. The number of hydrogen-bond donors (Lipinski definition) is 2. The first-order valence-electron chi connectivity index (χ1n) is 7.36. The van der Waals surface area contributed by atoms with Gasteiger partial charge in [0.05, 0.1) is 5.69 Å². The van der Waals surface area contributed by atoms with E-state index in [-0.39, 0.29) is 0 Å². The van der Waals surface area contributed by atoms with Gasteiger partial charge in [0.15, 0.2) is 0 Å². The van der Waals surface area contributed by atoms with E-state index in [1.54, 1.807) is 0 Å². The standard InChI is InChI=1S/C18H17ClN4/c1-20-18-22-16(13-7-3-2-4-8-13)11-17(23-18)21-12-14-9-5-6-10-15(14)19/h2-11H,12H2,1H3,(H2,20,21,22,23). The molecule has 0 atom stereocenters. The minimum atomic E-state index is 0.577. The summed E-state index contributed by atoms with van der Waals surface area (Å²) in [5.74, 6) is 1.33. The molecule has 4 nitrogen and oxygen atoms in total. The lowest BCUT2D eigenvalue weighted by atomic mass is 10.1. The van der Waals surface area contributed by atoms with E-state index in [9.17, 15) is 0 Å². The van der Waals surface area contributed by atoms with Crippen LogP contribution in [0.1, 0.15) is 5.56 Å². The van der Waals surface area contributed by atoms with Crippen LogP contribution < -0.4 is 10.6 Å². The van der Waals surface area contributed by atoms with Crippen molar-refractivity contribution in [2.45, 2.75) is 6.54 Å². The van der Waals surface area contributed by atoms with E-state index >= 15 is 0 Å². The molecule has 1 aromatic heterocycles. The molecular weight excluding hydrogens is 308 g/mol. The van der Waals surface area contributed by atoms with E-state index in [1.165, 1.54) is 0 Å². The van der Waals surface area contributed by atoms with Gasteiger partial charge in [-0.15, -0.1) is 0 Å². The zero-order chi connectivity index (χ0) is 16.1. The normalized spacial score (nSPS) is 10.3. The topological polar surface area (TPSA) is 49.8 Å². The van der Waals surface area contributed by atoms with E-state index in [0.717, 1.165) is 27.7 Å². The molecule has 23 heavy (non-hydrogen) atoms. The molecule has 0 aliphatic heterocycles. The number of halogens is 1. The Kier molecular flexibility index (Phi) is 4.74. The van der Waals surface area contributed by atoms with Crippen molar-refractivity contribution >= 4 is 23.4 Å². The molecule has 0 aliphatic carbocycles. The number of rotatable bonds is 5. The van der Waals surface area contributed by atoms with Crippen LogP contribution in [0.2, 0.25) is 5.02 Å². The van der Waals surface area contributed by atoms with Crippen LogP contribution in [0, 0.1) is 0 Å². The molecule has 2 aromatic carbocycles. The molecule has 116 valence electrons. The molecule has 0 radical (unpaired) electrons. The Morgan fingerprint density at radius 3 is 2.43 bits per heavy atom. The fraction of sp³-hybridized carbons (Fsp3) is 0.111. The van der Waals surface area contributed by atoms with Gasteiger partial charge in [-0.05, 0) is 11.6 Å². The highest BCUT2D eigenvalue weighted by Crippen LogP contribution is 2.22. The number of nitrogens with zero attached hydrogens (tertiary/aromatic N) is 2. The lowest BCUT2D eigenvalue weighted by Gasteiger charge is -2.11. The Bertz CT molecular complexity index is 790. The quantitative estimate of drug-likeness (QED) is 0.728. The van der Waals surface area contributed by atoms with Gasteiger partial charge >= 0.3 is 0 Å². The molecule has 3 aromatic rings. The summed E-state index contributed by atoms with van der Waals surface area (Å²) < 4.78 is 0. The Morgan fingerprint density at radius 2 is 1.70 bits per heavy atom. The lowest BCUT2D eigenvalue weighted by molar-refractivity contribution is 1.08. The molecule has 0 amide bonds. The molecule has 0 unspecified atom stereocenters. The van der Waals surface area contributed by atoms with Gasteiger partial charge in [0, 0.05) is 30.2 Å². The van der Waals surface area contributed by atoms with Gasteiger partial charge in [-0.3, -0.25) is 0 Å². The maximum absolute atomic E-state index is 6.19. The molecule has 3 rings (SSSR count). The zero-order valence-electron chi connectivity index (χ0n) is 12.8. The Balaban J connectivity index is 1.86. The number of hydrogen-bond acceptors (Lipinski definition) is 4. The van der Waals surface area contributed by atoms with Crippen molar-refractivity contribution in [1.29, 1.82) is 0 Å². The van der Waals surface area contributed by atoms with Crippen molar-refractivity contribution < 1.29 is 0 Å². The minimum absolute atomic E-state index is 0.577. The summed E-state index contributed by atoms with van der Waals surface area (Å²) in [6.07, 6.45) is 0. The fourth-order valence-electron chi connectivity index (χ4n) is 2.23. The second-order valence-corrected chi connectivity index (χ2v) is 5.43. The van der Waals surface area contributed by atoms with Crippen LogP contribution in [0.25, 0.3) is 11.3 Å². The second-order valence-electron chi connectivity index (χ2n) is 5.02. The Morgan fingerprint density at radius 1 is 0.957 bits per heavy atom. The SMILES string of the molecule is CNc1nc(NCc2ccccc2Cl)cc(-c2ccccc2)n1. The molecule has 0 saturated heterocycles. The van der Waals surface area contributed by atoms with Crippen molar-refractivity contribution in [3.05, 3.63) is 71.2 Å². The molecule has 0 bridgehead atoms. The maximum Gasteiger partial charge on any atom is 0.224 e. The third-order valence-corrected chi connectivity index (χ3v) is 3.81. The van der Waals surface area contributed by atoms with E-state index in [2.05, 4.69) is 20.6 Å². The predicted molar refractivity (Wildman–Crippen MR) is 95.8 cm³/mol. The first-order chi connectivity index (χ1) is 11.3. The van der Waals surface area contributed by atoms with Crippen LogP contribution in [0.15, 0.2) is 60.7 Å². The summed E-state index contributed by atoms with van der Waals surface area (Å²) in [5, 5.41) is 7.05. The van der Waals surface area contributed by atoms with Gasteiger partial charge in [0.2, 0.25) is 5.95 Å². The van der Waals surface area contributed by atoms with Gasteiger partial charge < -0.3 is 10.6 Å². The van der Waals surface area contributed by atoms with Crippen molar-refractivity contribution in [1.82, 2.24) is 9.97 Å². The van der Waals surface area contributed by atoms with Crippen molar-refractivity contribution in [2.75, 3.05) is 17.7 Å². The average Bonchev–Trinajstić information content (AvgIpc) is 2.61. The van der Waals surface area contributed by atoms with Crippen LogP contribution in [0.3, 0.4) is 0 Å². The third-order valence-electron chi connectivity index (χ3n) is 3.44. The van der Waals surface area contributed by atoms with E-state index < -0.39 is 0 Å². The monoisotopic (exact) mass is 324 g/mol. The number of benzene rings is 2. The van der Waals surface area contributed by atoms with Gasteiger partial charge in [0.1, 0.15) is 5.82 Å². The smallest absolute Gasteiger partial charge is 0.224 e. The lowest BCUT2D eigenvalue weighted by Crippen LogP contribution is -2.05. The second kappa shape index (κ2) is 7.11. The highest BCUT2D eigenvalue weighted by atomic mass is 35.5. The minimum Gasteiger partial charge on any atom is -0.366 e. The molecule has 2 N–H and O–H groups in total. The van der Waals surface area contributed by atoms with Crippen LogP contribution in [0.4, 0.5) is 11.8 Å². The van der Waals surface area contributed by atoms with Crippen molar-refractivity contribution in [2.24, 2.45) is 0 Å². The van der Waals surface area contributed by atoms with Crippen LogP contribution in [-0.2, 0) is 6.54 Å². The third kappa shape index (κ3) is 3.79. The van der Waals surface area contributed by atoms with E-state index in [1.807, 2.05) is 67.7 Å². The summed E-state index contributed by atoms with van der Waals surface area (Å²) in [5.41, 5.74) is 2.94. The average molecular weight is 325 g/mol. The van der Waals surface area contributed by atoms with Crippen LogP contribution in [-0.4, -0.2) is 17.0 Å². The highest BCUT2D eigenvalue weighted by molar-refractivity contribution is 6.31. The molecule has 0 saturated carbocycles. The fourth-order valence-corrected chi connectivity index (χ4v) is 2.44. The van der Waals surface area contributed by atoms with E-state index in [0.29, 0.717) is 12.5 Å². The van der Waals surface area contributed by atoms with E-state index in [4.69, 9.17) is 11.6 Å². The zero-order valence-corrected chi connectivity index (χ0v) is 13.5. The summed E-state index contributed by atoms with van der Waals surface area (Å²) in [6.45, 7) is 0.605. The molecular formula is C18H17ClN4. The Hall–Kier alpha value is -2.59.